The lowest BCUT2D eigenvalue weighted by molar-refractivity contribution is -0.213. The lowest BCUT2D eigenvalue weighted by Gasteiger charge is -2.63. The van der Waals surface area contributed by atoms with Crippen molar-refractivity contribution in [2.75, 3.05) is 0 Å². The Balaban J connectivity index is 1.54. The van der Waals surface area contributed by atoms with Gasteiger partial charge in [-0.25, -0.2) is 0 Å². The van der Waals surface area contributed by atoms with Gasteiger partial charge >= 0.3 is 0 Å². The van der Waals surface area contributed by atoms with Crippen molar-refractivity contribution in [1.29, 1.82) is 0 Å². The molecule has 0 spiro atoms. The third-order valence-corrected chi connectivity index (χ3v) is 10.8. The van der Waals surface area contributed by atoms with Crippen LogP contribution in [0.4, 0.5) is 0 Å². The van der Waals surface area contributed by atoms with E-state index in [0.717, 1.165) is 37.0 Å². The van der Waals surface area contributed by atoms with Crippen molar-refractivity contribution in [1.82, 2.24) is 0 Å². The standard InChI is InChI=1S/C27H46O3/c1-17(2)7-6-8-18(3)21-9-10-22-20-15-24(29)27(30)16-19(28)11-14-26(27,5)23(20)12-13-25(21,22)4/h17-23,28,30H,6-16H2,1-5H3/t18-,19-,20-,21+,22-,23-,25+,26+,27+/m0/s1. The Hall–Kier alpha value is -0.410. The number of rotatable bonds is 5. The summed E-state index contributed by atoms with van der Waals surface area (Å²) in [7, 11) is 0. The summed E-state index contributed by atoms with van der Waals surface area (Å²) >= 11 is 0. The van der Waals surface area contributed by atoms with Crippen molar-refractivity contribution in [3.8, 4) is 0 Å². The van der Waals surface area contributed by atoms with Gasteiger partial charge in [-0.3, -0.25) is 4.79 Å². The average molecular weight is 419 g/mol. The van der Waals surface area contributed by atoms with Crippen molar-refractivity contribution in [2.24, 2.45) is 46.3 Å². The second-order valence-electron chi connectivity index (χ2n) is 12.7. The highest BCUT2D eigenvalue weighted by atomic mass is 16.3. The number of ketones is 1. The van der Waals surface area contributed by atoms with E-state index in [9.17, 15) is 15.0 Å². The summed E-state index contributed by atoms with van der Waals surface area (Å²) in [6.07, 6.45) is 10.8. The van der Waals surface area contributed by atoms with E-state index in [4.69, 9.17) is 0 Å². The zero-order chi connectivity index (χ0) is 21.9. The van der Waals surface area contributed by atoms with E-state index in [0.29, 0.717) is 29.6 Å². The second-order valence-corrected chi connectivity index (χ2v) is 12.7. The summed E-state index contributed by atoms with van der Waals surface area (Å²) in [6, 6.07) is 0. The Morgan fingerprint density at radius 2 is 1.73 bits per heavy atom. The number of Topliss-reactive ketones (excluding diaryl/α,β-unsaturated/α-hetero) is 1. The van der Waals surface area contributed by atoms with E-state index in [1.54, 1.807) is 0 Å². The zero-order valence-electron chi connectivity index (χ0n) is 20.1. The Bertz CT molecular complexity index is 658. The molecule has 30 heavy (non-hydrogen) atoms. The molecule has 0 radical (unpaired) electrons. The van der Waals surface area contributed by atoms with Crippen LogP contribution in [-0.4, -0.2) is 27.7 Å². The van der Waals surface area contributed by atoms with Crippen LogP contribution in [-0.2, 0) is 4.79 Å². The predicted octanol–water partition coefficient (Wildman–Crippen LogP) is 5.76. The fourth-order valence-corrected chi connectivity index (χ4v) is 9.04. The molecule has 3 nitrogen and oxygen atoms in total. The van der Waals surface area contributed by atoms with Crippen LogP contribution in [0.15, 0.2) is 0 Å². The van der Waals surface area contributed by atoms with Gasteiger partial charge in [-0.2, -0.15) is 0 Å². The largest absolute Gasteiger partial charge is 0.393 e. The summed E-state index contributed by atoms with van der Waals surface area (Å²) in [5, 5.41) is 21.7. The summed E-state index contributed by atoms with van der Waals surface area (Å²) in [4.78, 5) is 13.3. The van der Waals surface area contributed by atoms with E-state index in [-0.39, 0.29) is 17.6 Å². The first-order valence-electron chi connectivity index (χ1n) is 13.0. The number of aliphatic hydroxyl groups excluding tert-OH is 1. The average Bonchev–Trinajstić information content (AvgIpc) is 3.01. The van der Waals surface area contributed by atoms with Gasteiger partial charge in [0.05, 0.1) is 6.10 Å². The molecule has 0 aromatic rings. The summed E-state index contributed by atoms with van der Waals surface area (Å²) < 4.78 is 0. The summed E-state index contributed by atoms with van der Waals surface area (Å²) in [5.41, 5.74) is -1.30. The first-order valence-corrected chi connectivity index (χ1v) is 13.0. The van der Waals surface area contributed by atoms with E-state index >= 15 is 0 Å². The van der Waals surface area contributed by atoms with E-state index in [1.165, 1.54) is 38.5 Å². The maximum atomic E-state index is 13.3. The van der Waals surface area contributed by atoms with Crippen LogP contribution in [0.25, 0.3) is 0 Å². The van der Waals surface area contributed by atoms with Gasteiger partial charge in [-0.05, 0) is 79.4 Å². The van der Waals surface area contributed by atoms with E-state index in [2.05, 4.69) is 34.6 Å². The number of hydrogen-bond acceptors (Lipinski definition) is 3. The van der Waals surface area contributed by atoms with Crippen molar-refractivity contribution in [3.63, 3.8) is 0 Å². The lowest BCUT2D eigenvalue weighted by Crippen LogP contribution is -2.67. The number of aliphatic hydroxyl groups is 2. The van der Waals surface area contributed by atoms with Crippen LogP contribution in [0.2, 0.25) is 0 Å². The number of carbonyl (C=O) groups is 1. The van der Waals surface area contributed by atoms with Gasteiger partial charge in [0.15, 0.2) is 5.78 Å². The molecule has 4 fully saturated rings. The third-order valence-electron chi connectivity index (χ3n) is 10.8. The van der Waals surface area contributed by atoms with Crippen molar-refractivity contribution in [2.45, 2.75) is 117 Å². The van der Waals surface area contributed by atoms with Crippen molar-refractivity contribution >= 4 is 5.78 Å². The van der Waals surface area contributed by atoms with Crippen molar-refractivity contribution in [3.05, 3.63) is 0 Å². The predicted molar refractivity (Wildman–Crippen MR) is 121 cm³/mol. The minimum absolute atomic E-state index is 0.0303. The SMILES string of the molecule is CC(C)CCC[C@H](C)[C@H]1CC[C@H]2[C@@H]3CC(=O)[C@]4(O)C[C@@H](O)CC[C@]4(C)[C@H]3CC[C@]12C. The van der Waals surface area contributed by atoms with Gasteiger partial charge in [0, 0.05) is 18.3 Å². The highest BCUT2D eigenvalue weighted by Gasteiger charge is 2.67. The molecule has 0 aliphatic heterocycles. The molecule has 4 aliphatic rings. The minimum atomic E-state index is -1.30. The maximum Gasteiger partial charge on any atom is 0.165 e. The molecule has 2 N–H and O–H groups in total. The number of hydrogen-bond donors (Lipinski definition) is 2. The van der Waals surface area contributed by atoms with Crippen LogP contribution in [0, 0.1) is 46.3 Å². The fourth-order valence-electron chi connectivity index (χ4n) is 9.04. The molecular weight excluding hydrogens is 372 g/mol. The van der Waals surface area contributed by atoms with Gasteiger partial charge in [-0.1, -0.05) is 53.9 Å². The highest BCUT2D eigenvalue weighted by Crippen LogP contribution is 2.68. The summed E-state index contributed by atoms with van der Waals surface area (Å²) in [5.74, 6) is 3.87. The molecule has 4 aliphatic carbocycles. The van der Waals surface area contributed by atoms with Crippen molar-refractivity contribution < 1.29 is 15.0 Å². The topological polar surface area (TPSA) is 57.5 Å². The third kappa shape index (κ3) is 3.33. The molecule has 4 rings (SSSR count). The molecule has 172 valence electrons. The second kappa shape index (κ2) is 7.87. The van der Waals surface area contributed by atoms with Crippen LogP contribution in [0.5, 0.6) is 0 Å². The van der Waals surface area contributed by atoms with Crippen LogP contribution < -0.4 is 0 Å². The van der Waals surface area contributed by atoms with Gasteiger partial charge in [-0.15, -0.1) is 0 Å². The minimum Gasteiger partial charge on any atom is -0.393 e. The lowest BCUT2D eigenvalue weighted by atomic mass is 9.42. The molecule has 0 amide bonds. The first-order chi connectivity index (χ1) is 14.0. The molecule has 3 heteroatoms. The molecule has 0 aromatic carbocycles. The number of fused-ring (bicyclic) bond motifs is 5. The number of carbonyl (C=O) groups excluding carboxylic acids is 1. The first kappa shape index (κ1) is 22.8. The highest BCUT2D eigenvalue weighted by molar-refractivity contribution is 5.89. The molecule has 0 heterocycles. The van der Waals surface area contributed by atoms with Gasteiger partial charge < -0.3 is 10.2 Å². The summed E-state index contributed by atoms with van der Waals surface area (Å²) in [6.45, 7) is 11.9. The Morgan fingerprint density at radius 3 is 2.43 bits per heavy atom. The van der Waals surface area contributed by atoms with Gasteiger partial charge in [0.1, 0.15) is 5.60 Å². The molecular formula is C27H46O3. The quantitative estimate of drug-likeness (QED) is 0.596. The normalized spacial score (nSPS) is 49.5. The molecule has 4 saturated carbocycles. The smallest absolute Gasteiger partial charge is 0.165 e. The maximum absolute atomic E-state index is 13.3. The molecule has 0 saturated heterocycles. The van der Waals surface area contributed by atoms with Crippen LogP contribution in [0.1, 0.15) is 105 Å². The molecule has 9 atom stereocenters. The Kier molecular flexibility index (Phi) is 5.97. The Labute approximate surface area is 184 Å². The zero-order valence-corrected chi connectivity index (χ0v) is 20.1. The van der Waals surface area contributed by atoms with Crippen LogP contribution >= 0.6 is 0 Å². The van der Waals surface area contributed by atoms with E-state index in [1.807, 2.05) is 0 Å². The Morgan fingerprint density at radius 1 is 1.00 bits per heavy atom. The van der Waals surface area contributed by atoms with E-state index < -0.39 is 11.7 Å². The monoisotopic (exact) mass is 418 g/mol. The van der Waals surface area contributed by atoms with Crippen LogP contribution in [0.3, 0.4) is 0 Å². The van der Waals surface area contributed by atoms with Gasteiger partial charge in [0.25, 0.3) is 0 Å². The molecule has 0 unspecified atom stereocenters. The molecule has 0 aromatic heterocycles. The van der Waals surface area contributed by atoms with Gasteiger partial charge in [0.2, 0.25) is 0 Å². The fraction of sp³-hybridized carbons (Fsp3) is 0.963. The molecule has 0 bridgehead atoms.